The Bertz CT molecular complexity index is 1300. The van der Waals surface area contributed by atoms with Crippen LogP contribution in [0.5, 0.6) is 5.88 Å². The predicted octanol–water partition coefficient (Wildman–Crippen LogP) is 3.06. The van der Waals surface area contributed by atoms with Gasteiger partial charge in [0.15, 0.2) is 11.4 Å². The molecule has 5 heterocycles. The van der Waals surface area contributed by atoms with Crippen molar-refractivity contribution in [3.63, 3.8) is 0 Å². The molecule has 1 amide bonds. The molecular formula is C24H28N6O4. The fourth-order valence-electron chi connectivity index (χ4n) is 4.21. The summed E-state index contributed by atoms with van der Waals surface area (Å²) < 4.78 is 19.0. The molecule has 1 unspecified atom stereocenters. The number of hydrogen-bond acceptors (Lipinski definition) is 8. The molecule has 178 valence electrons. The minimum Gasteiger partial charge on any atom is -0.474 e. The zero-order valence-corrected chi connectivity index (χ0v) is 19.4. The average molecular weight is 465 g/mol. The third-order valence-corrected chi connectivity index (χ3v) is 5.89. The first-order valence-corrected chi connectivity index (χ1v) is 11.6. The minimum atomic E-state index is 0.0118. The summed E-state index contributed by atoms with van der Waals surface area (Å²) in [6.07, 6.45) is 5.81. The number of methoxy groups -OCH3 is 1. The van der Waals surface area contributed by atoms with E-state index >= 15 is 0 Å². The number of pyridine rings is 1. The number of amides is 1. The van der Waals surface area contributed by atoms with Gasteiger partial charge >= 0.3 is 0 Å². The van der Waals surface area contributed by atoms with Crippen molar-refractivity contribution in [1.82, 2.24) is 24.9 Å². The summed E-state index contributed by atoms with van der Waals surface area (Å²) in [5, 5.41) is 8.44. The first-order chi connectivity index (χ1) is 16.7. The molecule has 0 saturated carbocycles. The molecule has 0 bridgehead atoms. The Balaban J connectivity index is 1.45. The second-order valence-electron chi connectivity index (χ2n) is 8.34. The maximum atomic E-state index is 11.4. The van der Waals surface area contributed by atoms with Crippen molar-refractivity contribution in [3.8, 4) is 17.3 Å². The van der Waals surface area contributed by atoms with Crippen LogP contribution in [0.4, 0.5) is 5.82 Å². The second-order valence-corrected chi connectivity index (χ2v) is 8.34. The zero-order valence-electron chi connectivity index (χ0n) is 19.4. The van der Waals surface area contributed by atoms with E-state index in [0.717, 1.165) is 48.4 Å². The Morgan fingerprint density at radius 3 is 2.97 bits per heavy atom. The normalized spacial score (nSPS) is 15.8. The van der Waals surface area contributed by atoms with Gasteiger partial charge in [0, 0.05) is 38.9 Å². The molecule has 34 heavy (non-hydrogen) atoms. The lowest BCUT2D eigenvalue weighted by Gasteiger charge is -2.23. The van der Waals surface area contributed by atoms with E-state index in [0.29, 0.717) is 36.9 Å². The number of carbonyl (C=O) groups excluding carboxylic acids is 1. The van der Waals surface area contributed by atoms with Gasteiger partial charge in [-0.05, 0) is 31.0 Å². The van der Waals surface area contributed by atoms with Crippen LogP contribution in [0.2, 0.25) is 0 Å². The summed E-state index contributed by atoms with van der Waals surface area (Å²) in [7, 11) is 1.70. The zero-order chi connectivity index (χ0) is 23.5. The fraction of sp³-hybridized carbons (Fsp3) is 0.417. The Morgan fingerprint density at radius 2 is 2.18 bits per heavy atom. The molecule has 0 radical (unpaired) electrons. The molecule has 1 N–H and O–H groups in total. The number of fused-ring (bicyclic) bond motifs is 2. The molecule has 0 aliphatic carbocycles. The highest BCUT2D eigenvalue weighted by Gasteiger charge is 2.22. The van der Waals surface area contributed by atoms with Crippen LogP contribution in [0.15, 0.2) is 41.1 Å². The van der Waals surface area contributed by atoms with Crippen LogP contribution in [0.3, 0.4) is 0 Å². The first kappa shape index (κ1) is 22.1. The van der Waals surface area contributed by atoms with Crippen LogP contribution >= 0.6 is 0 Å². The lowest BCUT2D eigenvalue weighted by molar-refractivity contribution is -0.119. The van der Waals surface area contributed by atoms with Crippen molar-refractivity contribution in [1.29, 1.82) is 0 Å². The lowest BCUT2D eigenvalue weighted by atomic mass is 10.2. The van der Waals surface area contributed by atoms with Gasteiger partial charge in [-0.15, -0.1) is 5.10 Å². The number of ether oxygens (including phenoxy) is 2. The van der Waals surface area contributed by atoms with E-state index in [2.05, 4.69) is 32.2 Å². The first-order valence-electron chi connectivity index (χ1n) is 11.6. The molecule has 5 rings (SSSR count). The van der Waals surface area contributed by atoms with Gasteiger partial charge in [0.1, 0.15) is 23.7 Å². The van der Waals surface area contributed by atoms with Gasteiger partial charge in [-0.2, -0.15) is 0 Å². The van der Waals surface area contributed by atoms with E-state index in [4.69, 9.17) is 13.9 Å². The van der Waals surface area contributed by atoms with Crippen LogP contribution in [-0.2, 0) is 9.53 Å². The summed E-state index contributed by atoms with van der Waals surface area (Å²) in [6.45, 7) is 4.76. The maximum absolute atomic E-state index is 11.4. The summed E-state index contributed by atoms with van der Waals surface area (Å²) in [6, 6.07) is 7.49. The summed E-state index contributed by atoms with van der Waals surface area (Å²) in [4.78, 5) is 22.7. The number of anilines is 1. The van der Waals surface area contributed by atoms with Gasteiger partial charge in [-0.1, -0.05) is 6.92 Å². The lowest BCUT2D eigenvalue weighted by Crippen LogP contribution is -2.31. The molecule has 1 aliphatic rings. The highest BCUT2D eigenvalue weighted by molar-refractivity contribution is 5.92. The smallest absolute Gasteiger partial charge is 0.231 e. The van der Waals surface area contributed by atoms with E-state index in [1.54, 1.807) is 30.1 Å². The van der Waals surface area contributed by atoms with Crippen molar-refractivity contribution < 1.29 is 18.7 Å². The number of imidazole rings is 1. The molecule has 10 heteroatoms. The van der Waals surface area contributed by atoms with Gasteiger partial charge in [0.05, 0.1) is 24.2 Å². The van der Waals surface area contributed by atoms with Crippen LogP contribution in [-0.4, -0.2) is 64.9 Å². The number of rotatable bonds is 10. The number of aromatic nitrogens is 4. The average Bonchev–Trinajstić information content (AvgIpc) is 3.57. The molecule has 1 aliphatic heterocycles. The highest BCUT2D eigenvalue weighted by atomic mass is 16.5. The Hall–Kier alpha value is -3.66. The fourth-order valence-corrected chi connectivity index (χ4v) is 4.21. The molecule has 4 aromatic rings. The number of nitrogens with one attached hydrogen (secondary N) is 1. The number of hydrogen-bond donors (Lipinski definition) is 1. The summed E-state index contributed by atoms with van der Waals surface area (Å²) in [5.41, 5.74) is 2.15. The van der Waals surface area contributed by atoms with E-state index in [-0.39, 0.29) is 11.9 Å². The molecule has 10 nitrogen and oxygen atoms in total. The van der Waals surface area contributed by atoms with Crippen molar-refractivity contribution in [2.24, 2.45) is 0 Å². The van der Waals surface area contributed by atoms with Crippen molar-refractivity contribution in [3.05, 3.63) is 36.7 Å². The van der Waals surface area contributed by atoms with Crippen molar-refractivity contribution >= 4 is 28.3 Å². The van der Waals surface area contributed by atoms with E-state index in [1.807, 2.05) is 18.2 Å². The predicted molar refractivity (Wildman–Crippen MR) is 127 cm³/mol. The number of nitrogens with zero attached hydrogens (tertiary/aromatic N) is 5. The summed E-state index contributed by atoms with van der Waals surface area (Å²) >= 11 is 0. The molecule has 1 atom stereocenters. The van der Waals surface area contributed by atoms with Crippen molar-refractivity contribution in [2.45, 2.75) is 32.2 Å². The second kappa shape index (κ2) is 9.68. The standard InChI is InChI=1S/C24H28N6O4/c1-3-10-29(11-12-32-2)24-17-13-20(34-19(17)8-9-25-24)18-14-26-21-5-7-23(28-30(18)21)33-15-16-4-6-22(31)27-16/h5,7-9,13-14,16H,3-4,6,10-12,15H2,1-2H3,(H,27,31). The van der Waals surface area contributed by atoms with E-state index in [9.17, 15) is 4.79 Å². The quantitative estimate of drug-likeness (QED) is 0.382. The molecule has 0 spiro atoms. The molecule has 1 saturated heterocycles. The van der Waals surface area contributed by atoms with E-state index < -0.39 is 0 Å². The topological polar surface area (TPSA) is 107 Å². The number of furan rings is 1. The molecular weight excluding hydrogens is 436 g/mol. The van der Waals surface area contributed by atoms with Gasteiger partial charge in [0.25, 0.3) is 0 Å². The molecule has 0 aromatic carbocycles. The summed E-state index contributed by atoms with van der Waals surface area (Å²) in [5.74, 6) is 2.04. The van der Waals surface area contributed by atoms with Gasteiger partial charge in [0.2, 0.25) is 11.8 Å². The molecule has 4 aromatic heterocycles. The van der Waals surface area contributed by atoms with Crippen LogP contribution in [0.1, 0.15) is 26.2 Å². The van der Waals surface area contributed by atoms with Gasteiger partial charge < -0.3 is 24.1 Å². The SMILES string of the molecule is CCCN(CCOC)c1nccc2oc(-c3cnc4ccc(OCC5CCC(=O)N5)nn34)cc12. The van der Waals surface area contributed by atoms with Crippen LogP contribution in [0, 0.1) is 0 Å². The van der Waals surface area contributed by atoms with Crippen LogP contribution < -0.4 is 15.0 Å². The largest absolute Gasteiger partial charge is 0.474 e. The Labute approximate surface area is 196 Å². The monoisotopic (exact) mass is 464 g/mol. The Morgan fingerprint density at radius 1 is 1.26 bits per heavy atom. The van der Waals surface area contributed by atoms with Crippen molar-refractivity contribution in [2.75, 3.05) is 38.3 Å². The number of carbonyl (C=O) groups is 1. The third-order valence-electron chi connectivity index (χ3n) is 5.89. The Kier molecular flexibility index (Phi) is 6.31. The van der Waals surface area contributed by atoms with E-state index in [1.165, 1.54) is 0 Å². The minimum absolute atomic E-state index is 0.0118. The van der Waals surface area contributed by atoms with Crippen LogP contribution in [0.25, 0.3) is 28.1 Å². The molecule has 1 fully saturated rings. The maximum Gasteiger partial charge on any atom is 0.231 e. The third kappa shape index (κ3) is 4.41. The highest BCUT2D eigenvalue weighted by Crippen LogP contribution is 2.33. The van der Waals surface area contributed by atoms with Gasteiger partial charge in [-0.3, -0.25) is 4.79 Å². The van der Waals surface area contributed by atoms with Gasteiger partial charge in [-0.25, -0.2) is 14.5 Å².